The van der Waals surface area contributed by atoms with E-state index in [4.69, 9.17) is 0 Å². The Morgan fingerprint density at radius 1 is 0.218 bits per heavy atom. The average Bonchev–Trinajstić information content (AvgIpc) is 3.68. The molecule has 2 heteroatoms. The first-order valence-electron chi connectivity index (χ1n) is 26.9. The molecule has 0 fully saturated rings. The Balaban J connectivity index is 1.09. The first-order chi connectivity index (χ1) is 38.8. The molecule has 0 saturated carbocycles. The van der Waals surface area contributed by atoms with Gasteiger partial charge in [-0.2, -0.15) is 0 Å². The summed E-state index contributed by atoms with van der Waals surface area (Å²) in [5.41, 5.74) is 17.4. The van der Waals surface area contributed by atoms with Crippen LogP contribution >= 0.6 is 0 Å². The maximum absolute atomic E-state index is 2.88. The molecular formula is C76H55NSi. The maximum Gasteiger partial charge on any atom is 0.179 e. The van der Waals surface area contributed by atoms with Crippen molar-refractivity contribution < 1.29 is 0 Å². The highest BCUT2D eigenvalue weighted by Gasteiger charge is 2.42. The standard InChI is InChI=1S/C76H55NSi/c1-9-31-56(32-10-1)72-70-53-30-52-69(76(70)75(59-37-15-4-16-38-59)74(58-35-13-3-14-36-58)73(72)57-33-11-2-12-34-57)67-50-26-25-49-66(67)68-51-27-28-54-71(68)77(60-39-17-5-18-40-60)61-41-29-48-65(55-61)78(62-42-19-6-20-43-62,63-44-21-7-22-45-63)64-46-23-8-24-47-64/h1-55H. The van der Waals surface area contributed by atoms with Crippen LogP contribution in [0.5, 0.6) is 0 Å². The van der Waals surface area contributed by atoms with E-state index in [1.807, 2.05) is 0 Å². The zero-order valence-corrected chi connectivity index (χ0v) is 44.2. The topological polar surface area (TPSA) is 3.24 Å². The Kier molecular flexibility index (Phi) is 13.1. The van der Waals surface area contributed by atoms with E-state index in [1.165, 1.54) is 81.6 Å². The second-order valence-corrected chi connectivity index (χ2v) is 23.6. The fraction of sp³-hybridized carbons (Fsp3) is 0. The van der Waals surface area contributed by atoms with Crippen molar-refractivity contribution in [3.63, 3.8) is 0 Å². The first-order valence-corrected chi connectivity index (χ1v) is 28.9. The second kappa shape index (κ2) is 21.4. The van der Waals surface area contributed by atoms with Crippen molar-refractivity contribution in [3.8, 4) is 66.8 Å². The highest BCUT2D eigenvalue weighted by atomic mass is 28.3. The molecule has 0 heterocycles. The molecule has 0 unspecified atom stereocenters. The van der Waals surface area contributed by atoms with E-state index in [0.29, 0.717) is 0 Å². The summed E-state index contributed by atoms with van der Waals surface area (Å²) in [6, 6.07) is 123. The summed E-state index contributed by atoms with van der Waals surface area (Å²) in [6.45, 7) is 0. The number of anilines is 3. The normalized spacial score (nSPS) is 11.3. The number of hydrogen-bond donors (Lipinski definition) is 0. The van der Waals surface area contributed by atoms with Crippen molar-refractivity contribution in [2.75, 3.05) is 4.90 Å². The molecule has 0 atom stereocenters. The van der Waals surface area contributed by atoms with Crippen LogP contribution in [-0.2, 0) is 0 Å². The molecule has 78 heavy (non-hydrogen) atoms. The van der Waals surface area contributed by atoms with E-state index in [2.05, 4.69) is 339 Å². The zero-order chi connectivity index (χ0) is 52.1. The fourth-order valence-corrected chi connectivity index (χ4v) is 16.9. The zero-order valence-electron chi connectivity index (χ0n) is 43.2. The van der Waals surface area contributed by atoms with E-state index in [-0.39, 0.29) is 0 Å². The Labute approximate surface area is 459 Å². The average molecular weight is 1010 g/mol. The van der Waals surface area contributed by atoms with E-state index < -0.39 is 8.07 Å². The van der Waals surface area contributed by atoms with Gasteiger partial charge in [-0.1, -0.05) is 303 Å². The van der Waals surface area contributed by atoms with Gasteiger partial charge in [-0.05, 0) is 123 Å². The molecule has 0 aliphatic rings. The lowest BCUT2D eigenvalue weighted by atomic mass is 9.77. The largest absolute Gasteiger partial charge is 0.310 e. The van der Waals surface area contributed by atoms with Gasteiger partial charge in [0.15, 0.2) is 8.07 Å². The van der Waals surface area contributed by atoms with Gasteiger partial charge in [-0.3, -0.25) is 0 Å². The first kappa shape index (κ1) is 47.8. The smallest absolute Gasteiger partial charge is 0.179 e. The van der Waals surface area contributed by atoms with Crippen molar-refractivity contribution in [3.05, 3.63) is 334 Å². The van der Waals surface area contributed by atoms with Crippen LogP contribution in [0.15, 0.2) is 334 Å². The van der Waals surface area contributed by atoms with Gasteiger partial charge < -0.3 is 4.90 Å². The number of rotatable bonds is 13. The van der Waals surface area contributed by atoms with Crippen LogP contribution in [0.2, 0.25) is 0 Å². The van der Waals surface area contributed by atoms with Gasteiger partial charge in [0.1, 0.15) is 0 Å². The van der Waals surface area contributed by atoms with Crippen LogP contribution in [0.1, 0.15) is 0 Å². The summed E-state index contributed by atoms with van der Waals surface area (Å²) in [5, 5.41) is 7.74. The van der Waals surface area contributed by atoms with Crippen molar-refractivity contribution in [1.29, 1.82) is 0 Å². The van der Waals surface area contributed by atoms with Crippen molar-refractivity contribution in [2.24, 2.45) is 0 Å². The number of fused-ring (bicyclic) bond motifs is 1. The van der Waals surface area contributed by atoms with Gasteiger partial charge in [0.25, 0.3) is 0 Å². The number of para-hydroxylation sites is 2. The molecule has 0 aliphatic heterocycles. The predicted molar refractivity (Wildman–Crippen MR) is 335 cm³/mol. The minimum absolute atomic E-state index is 1.08. The Morgan fingerprint density at radius 3 is 1.05 bits per heavy atom. The summed E-state index contributed by atoms with van der Waals surface area (Å²) in [7, 11) is -2.88. The van der Waals surface area contributed by atoms with Crippen molar-refractivity contribution in [1.82, 2.24) is 0 Å². The summed E-state index contributed by atoms with van der Waals surface area (Å²) in [5.74, 6) is 0. The SMILES string of the molecule is c1ccc(-c2c(-c3ccccc3)c(-c3ccccc3)c3c(-c4ccccc4-c4ccccc4N(c4ccccc4)c4cccc([Si](c5ccccc5)(c5ccccc5)c5ccccc5)c4)cccc3c2-c2ccccc2)cc1. The van der Waals surface area contributed by atoms with Crippen molar-refractivity contribution in [2.45, 2.75) is 0 Å². The van der Waals surface area contributed by atoms with Crippen LogP contribution < -0.4 is 25.6 Å². The summed E-state index contributed by atoms with van der Waals surface area (Å²) in [4.78, 5) is 2.47. The van der Waals surface area contributed by atoms with Gasteiger partial charge in [0.05, 0.1) is 5.69 Å². The lowest BCUT2D eigenvalue weighted by molar-refractivity contribution is 1.29. The van der Waals surface area contributed by atoms with E-state index in [9.17, 15) is 0 Å². The van der Waals surface area contributed by atoms with Gasteiger partial charge in [0.2, 0.25) is 0 Å². The van der Waals surface area contributed by atoms with Gasteiger partial charge >= 0.3 is 0 Å². The molecule has 1 nitrogen and oxygen atoms in total. The van der Waals surface area contributed by atoms with Crippen LogP contribution in [0.25, 0.3) is 77.5 Å². The minimum atomic E-state index is -2.88. The molecular weight excluding hydrogens is 955 g/mol. The van der Waals surface area contributed by atoms with E-state index in [0.717, 1.165) is 33.8 Å². The third kappa shape index (κ3) is 8.65. The van der Waals surface area contributed by atoms with Crippen LogP contribution in [0.3, 0.4) is 0 Å². The Hall–Kier alpha value is -9.86. The summed E-state index contributed by atoms with van der Waals surface area (Å²) >= 11 is 0. The number of hydrogen-bond acceptors (Lipinski definition) is 1. The lowest BCUT2D eigenvalue weighted by Gasteiger charge is -2.35. The summed E-state index contributed by atoms with van der Waals surface area (Å²) in [6.07, 6.45) is 0. The predicted octanol–water partition coefficient (Wildman–Crippen LogP) is 17.7. The Bertz CT molecular complexity index is 4050. The molecule has 0 saturated heterocycles. The molecule has 0 spiro atoms. The molecule has 13 aromatic carbocycles. The van der Waals surface area contributed by atoms with E-state index in [1.54, 1.807) is 0 Å². The molecule has 13 rings (SSSR count). The molecule has 0 N–H and O–H groups in total. The molecule has 13 aromatic rings. The molecule has 0 amide bonds. The number of nitrogens with zero attached hydrogens (tertiary/aromatic N) is 1. The van der Waals surface area contributed by atoms with E-state index >= 15 is 0 Å². The highest BCUT2D eigenvalue weighted by molar-refractivity contribution is 7.19. The van der Waals surface area contributed by atoms with Crippen molar-refractivity contribution >= 4 is 56.7 Å². The molecule has 0 aliphatic carbocycles. The third-order valence-corrected chi connectivity index (χ3v) is 20.2. The van der Waals surface area contributed by atoms with Crippen LogP contribution in [-0.4, -0.2) is 8.07 Å². The molecule has 368 valence electrons. The highest BCUT2D eigenvalue weighted by Crippen LogP contribution is 2.54. The van der Waals surface area contributed by atoms with Gasteiger partial charge in [-0.25, -0.2) is 0 Å². The number of benzene rings is 13. The monoisotopic (exact) mass is 1010 g/mol. The Morgan fingerprint density at radius 2 is 0.551 bits per heavy atom. The van der Waals surface area contributed by atoms with Crippen LogP contribution in [0, 0.1) is 0 Å². The molecule has 0 aromatic heterocycles. The third-order valence-electron chi connectivity index (χ3n) is 15.4. The lowest BCUT2D eigenvalue weighted by Crippen LogP contribution is -2.74. The van der Waals surface area contributed by atoms with Gasteiger partial charge in [0, 0.05) is 16.9 Å². The second-order valence-electron chi connectivity index (χ2n) is 19.8. The minimum Gasteiger partial charge on any atom is -0.310 e. The summed E-state index contributed by atoms with van der Waals surface area (Å²) < 4.78 is 0. The maximum atomic E-state index is 2.48. The quantitative estimate of drug-likeness (QED) is 0.0822. The van der Waals surface area contributed by atoms with Gasteiger partial charge in [-0.15, -0.1) is 0 Å². The fourth-order valence-electron chi connectivity index (χ4n) is 12.1. The molecule has 0 bridgehead atoms. The molecule has 0 radical (unpaired) electrons. The van der Waals surface area contributed by atoms with Crippen LogP contribution in [0.4, 0.5) is 17.1 Å².